The summed E-state index contributed by atoms with van der Waals surface area (Å²) in [4.78, 5) is 12.9. The first-order chi connectivity index (χ1) is 17.4. The van der Waals surface area contributed by atoms with Gasteiger partial charge in [-0.1, -0.05) is 12.8 Å². The van der Waals surface area contributed by atoms with Crippen molar-refractivity contribution in [2.45, 2.75) is 56.1 Å². The predicted octanol–water partition coefficient (Wildman–Crippen LogP) is 2.08. The number of aromatic nitrogens is 4. The van der Waals surface area contributed by atoms with Crippen LogP contribution in [0.15, 0.2) is 36.8 Å². The molecule has 3 aromatic heterocycles. The molecule has 11 nitrogen and oxygen atoms in total. The number of hydrogen-bond acceptors (Lipinski definition) is 10. The van der Waals surface area contributed by atoms with Gasteiger partial charge in [0.05, 0.1) is 10.9 Å². The van der Waals surface area contributed by atoms with Crippen molar-refractivity contribution in [2.75, 3.05) is 23.8 Å². The van der Waals surface area contributed by atoms with Crippen LogP contribution in [0.1, 0.15) is 43.4 Å². The van der Waals surface area contributed by atoms with Gasteiger partial charge in [-0.15, -0.1) is 0 Å². The smallest absolute Gasteiger partial charge is 0.164 e. The number of rotatable bonds is 5. The summed E-state index contributed by atoms with van der Waals surface area (Å²) in [7, 11) is 0. The highest BCUT2D eigenvalue weighted by Crippen LogP contribution is 2.42. The third-order valence-electron chi connectivity index (χ3n) is 7.32. The van der Waals surface area contributed by atoms with Crippen molar-refractivity contribution < 1.29 is 19.7 Å². The molecule has 2 aliphatic rings. The minimum absolute atomic E-state index is 0.0177. The highest BCUT2D eigenvalue weighted by molar-refractivity contribution is 5.92. The maximum Gasteiger partial charge on any atom is 0.164 e. The molecule has 0 radical (unpaired) electrons. The zero-order valence-electron chi connectivity index (χ0n) is 19.6. The highest BCUT2D eigenvalue weighted by atomic mass is 16.6. The normalized spacial score (nSPS) is 24.7. The summed E-state index contributed by atoms with van der Waals surface area (Å²) in [5.41, 5.74) is 20.8. The zero-order chi connectivity index (χ0) is 25.0. The maximum atomic E-state index is 10.9. The first kappa shape index (κ1) is 22.8. The number of benzene rings is 1. The first-order valence-electron chi connectivity index (χ1n) is 12.1. The summed E-state index contributed by atoms with van der Waals surface area (Å²) in [6.45, 7) is 0.0177. The van der Waals surface area contributed by atoms with Crippen LogP contribution >= 0.6 is 0 Å². The molecule has 2 fully saturated rings. The number of pyridine rings is 1. The molecule has 0 spiro atoms. The SMILES string of the molecule is Nc1cc(N)c2ccc(OC[C@H]3O[C@@H](n4cc(C5CCCC5)c5c(N)ncnc54)[C@H](O)[C@@H]3O)cc2n1. The molecule has 1 aromatic carbocycles. The van der Waals surface area contributed by atoms with Crippen molar-refractivity contribution in [1.82, 2.24) is 19.5 Å². The molecule has 11 heteroatoms. The Hall–Kier alpha value is -3.67. The standard InChI is InChI=1S/C25H29N7O4/c26-16-8-19(27)31-17-7-13(5-6-14(16)17)35-10-18-21(33)22(34)25(36-18)32-9-15(12-3-1-2-4-12)20-23(28)29-11-30-24(20)32/h5-9,11-12,18,21-22,25,33-34H,1-4,10H2,(H4,26,27,31)(H2,28,29,30)/t18-,21-,22-,25-/m1/s1. The predicted molar refractivity (Wildman–Crippen MR) is 135 cm³/mol. The Morgan fingerprint density at radius 2 is 1.86 bits per heavy atom. The zero-order valence-corrected chi connectivity index (χ0v) is 19.6. The van der Waals surface area contributed by atoms with Crippen LogP contribution in [0, 0.1) is 0 Å². The summed E-state index contributed by atoms with van der Waals surface area (Å²) in [6, 6.07) is 6.90. The Balaban J connectivity index is 1.25. The van der Waals surface area contributed by atoms with Crippen LogP contribution in [0.3, 0.4) is 0 Å². The molecule has 0 amide bonds. The number of nitrogen functional groups attached to an aromatic ring is 3. The summed E-state index contributed by atoms with van der Waals surface area (Å²) in [6.07, 6.45) is 3.84. The molecule has 0 bridgehead atoms. The van der Waals surface area contributed by atoms with Crippen LogP contribution in [0.4, 0.5) is 17.3 Å². The molecule has 36 heavy (non-hydrogen) atoms. The highest BCUT2D eigenvalue weighted by Gasteiger charge is 2.45. The maximum absolute atomic E-state index is 10.9. The fourth-order valence-corrected chi connectivity index (χ4v) is 5.50. The number of hydrogen-bond donors (Lipinski definition) is 5. The van der Waals surface area contributed by atoms with E-state index >= 15 is 0 Å². The molecule has 4 heterocycles. The van der Waals surface area contributed by atoms with Gasteiger partial charge in [-0.3, -0.25) is 0 Å². The Kier molecular flexibility index (Phi) is 5.55. The molecular formula is C25H29N7O4. The lowest BCUT2D eigenvalue weighted by molar-refractivity contribution is -0.0472. The van der Waals surface area contributed by atoms with E-state index in [0.29, 0.717) is 40.2 Å². The number of nitrogens with zero attached hydrogens (tertiary/aromatic N) is 4. The van der Waals surface area contributed by atoms with E-state index in [9.17, 15) is 10.2 Å². The molecule has 1 saturated carbocycles. The summed E-state index contributed by atoms with van der Waals surface area (Å²) < 4.78 is 13.8. The van der Waals surface area contributed by atoms with Crippen molar-refractivity contribution in [3.63, 3.8) is 0 Å². The van der Waals surface area contributed by atoms with Crippen LogP contribution in [0.5, 0.6) is 5.75 Å². The third kappa shape index (κ3) is 3.76. The number of nitrogens with two attached hydrogens (primary N) is 3. The Labute approximate surface area is 206 Å². The molecule has 4 atom stereocenters. The van der Waals surface area contributed by atoms with Gasteiger partial charge in [-0.05, 0) is 36.5 Å². The van der Waals surface area contributed by atoms with E-state index < -0.39 is 24.5 Å². The van der Waals surface area contributed by atoms with Gasteiger partial charge < -0.3 is 41.5 Å². The fourth-order valence-electron chi connectivity index (χ4n) is 5.50. The second-order valence-corrected chi connectivity index (χ2v) is 9.60. The molecular weight excluding hydrogens is 462 g/mol. The number of fused-ring (bicyclic) bond motifs is 2. The van der Waals surface area contributed by atoms with Gasteiger partial charge in [-0.2, -0.15) is 0 Å². The van der Waals surface area contributed by atoms with Crippen LogP contribution in [-0.2, 0) is 4.74 Å². The minimum atomic E-state index is -1.18. The van der Waals surface area contributed by atoms with Gasteiger partial charge in [0.1, 0.15) is 54.3 Å². The van der Waals surface area contributed by atoms with Gasteiger partial charge in [0, 0.05) is 29.4 Å². The van der Waals surface area contributed by atoms with Gasteiger partial charge in [-0.25, -0.2) is 15.0 Å². The first-order valence-corrected chi connectivity index (χ1v) is 12.1. The molecule has 1 aliphatic carbocycles. The van der Waals surface area contributed by atoms with Gasteiger partial charge in [0.2, 0.25) is 0 Å². The monoisotopic (exact) mass is 491 g/mol. The molecule has 1 saturated heterocycles. The Morgan fingerprint density at radius 1 is 1.06 bits per heavy atom. The largest absolute Gasteiger partial charge is 0.491 e. The van der Waals surface area contributed by atoms with E-state index in [1.807, 2.05) is 6.20 Å². The quantitative estimate of drug-likeness (QED) is 0.277. The Morgan fingerprint density at radius 3 is 2.67 bits per heavy atom. The summed E-state index contributed by atoms with van der Waals surface area (Å²) >= 11 is 0. The number of anilines is 3. The minimum Gasteiger partial charge on any atom is -0.491 e. The van der Waals surface area contributed by atoms with E-state index in [1.165, 1.54) is 6.33 Å². The average Bonchev–Trinajstić information content (AvgIpc) is 3.57. The number of aliphatic hydroxyl groups is 2. The molecule has 0 unspecified atom stereocenters. The van der Waals surface area contributed by atoms with Crippen LogP contribution in [0.25, 0.3) is 21.9 Å². The second-order valence-electron chi connectivity index (χ2n) is 9.60. The summed E-state index contributed by atoms with van der Waals surface area (Å²) in [5.74, 6) is 1.59. The van der Waals surface area contributed by atoms with Crippen molar-refractivity contribution in [3.05, 3.63) is 42.4 Å². The topological polar surface area (TPSA) is 181 Å². The fraction of sp³-hybridized carbons (Fsp3) is 0.400. The molecule has 188 valence electrons. The van der Waals surface area contributed by atoms with Crippen LogP contribution < -0.4 is 21.9 Å². The van der Waals surface area contributed by atoms with E-state index in [2.05, 4.69) is 15.0 Å². The summed E-state index contributed by atoms with van der Waals surface area (Å²) in [5, 5.41) is 23.3. The van der Waals surface area contributed by atoms with Crippen molar-refractivity contribution in [1.29, 1.82) is 0 Å². The Bertz CT molecular complexity index is 1440. The molecule has 6 rings (SSSR count). The van der Waals surface area contributed by atoms with Crippen LogP contribution in [0.2, 0.25) is 0 Å². The average molecular weight is 492 g/mol. The molecule has 1 aliphatic heterocycles. The van der Waals surface area contributed by atoms with E-state index in [-0.39, 0.29) is 6.61 Å². The van der Waals surface area contributed by atoms with Crippen molar-refractivity contribution >= 4 is 39.3 Å². The molecule has 8 N–H and O–H groups in total. The lowest BCUT2D eigenvalue weighted by atomic mass is 9.98. The van der Waals surface area contributed by atoms with Gasteiger partial charge in [0.15, 0.2) is 6.23 Å². The molecule has 4 aromatic rings. The van der Waals surface area contributed by atoms with E-state index in [4.69, 9.17) is 26.7 Å². The van der Waals surface area contributed by atoms with Gasteiger partial charge >= 0.3 is 0 Å². The number of aliphatic hydroxyl groups excluding tert-OH is 2. The van der Waals surface area contributed by atoms with E-state index in [0.717, 1.165) is 42.0 Å². The lowest BCUT2D eigenvalue weighted by Gasteiger charge is -2.17. The second kappa shape index (κ2) is 8.77. The van der Waals surface area contributed by atoms with Gasteiger partial charge in [0.25, 0.3) is 0 Å². The van der Waals surface area contributed by atoms with E-state index in [1.54, 1.807) is 28.8 Å². The number of ether oxygens (including phenoxy) is 2. The van der Waals surface area contributed by atoms with Crippen molar-refractivity contribution in [2.24, 2.45) is 0 Å². The lowest BCUT2D eigenvalue weighted by Crippen LogP contribution is -2.34. The van der Waals surface area contributed by atoms with Crippen LogP contribution in [-0.4, -0.2) is 54.7 Å². The van der Waals surface area contributed by atoms with Crippen molar-refractivity contribution in [3.8, 4) is 5.75 Å². The third-order valence-corrected chi connectivity index (χ3v) is 7.32.